The number of piperidine rings is 1. The van der Waals surface area contributed by atoms with Crippen molar-refractivity contribution in [2.45, 2.75) is 69.4 Å². The predicted molar refractivity (Wildman–Crippen MR) is 92.8 cm³/mol. The average Bonchev–Trinajstić information content (AvgIpc) is 2.81. The maximum atomic E-state index is 10.7. The van der Waals surface area contributed by atoms with Crippen LogP contribution < -0.4 is 0 Å². The lowest BCUT2D eigenvalue weighted by atomic mass is 9.94. The van der Waals surface area contributed by atoms with Crippen molar-refractivity contribution in [1.29, 1.82) is 0 Å². The molecule has 3 nitrogen and oxygen atoms in total. The molecule has 1 aliphatic carbocycles. The van der Waals surface area contributed by atoms with Crippen molar-refractivity contribution < 1.29 is 5.11 Å². The lowest BCUT2D eigenvalue weighted by Gasteiger charge is -2.34. The van der Waals surface area contributed by atoms with Gasteiger partial charge in [0, 0.05) is 18.4 Å². The molecule has 0 spiro atoms. The van der Waals surface area contributed by atoms with Crippen molar-refractivity contribution in [3.05, 3.63) is 30.1 Å². The van der Waals surface area contributed by atoms with E-state index in [2.05, 4.69) is 27.8 Å². The third-order valence-electron chi connectivity index (χ3n) is 5.22. The number of nitrogens with zero attached hydrogens (tertiary/aromatic N) is 2. The normalized spacial score (nSPS) is 25.2. The van der Waals surface area contributed by atoms with Gasteiger partial charge in [0.15, 0.2) is 0 Å². The van der Waals surface area contributed by atoms with Gasteiger partial charge in [-0.05, 0) is 56.7 Å². The van der Waals surface area contributed by atoms with Crippen LogP contribution in [-0.2, 0) is 0 Å². The fourth-order valence-corrected chi connectivity index (χ4v) is 3.87. The molecule has 3 heteroatoms. The molecule has 0 bridgehead atoms. The maximum absolute atomic E-state index is 10.7. The Bertz CT molecular complexity index is 538. The van der Waals surface area contributed by atoms with Gasteiger partial charge in [0.1, 0.15) is 5.60 Å². The van der Waals surface area contributed by atoms with Gasteiger partial charge >= 0.3 is 0 Å². The number of pyridine rings is 1. The zero-order valence-electron chi connectivity index (χ0n) is 14.0. The minimum absolute atomic E-state index is 0.426. The fourth-order valence-electron chi connectivity index (χ4n) is 3.87. The first-order valence-electron chi connectivity index (χ1n) is 9.13. The maximum Gasteiger partial charge on any atom is 0.125 e. The van der Waals surface area contributed by atoms with E-state index in [9.17, 15) is 5.11 Å². The van der Waals surface area contributed by atoms with E-state index < -0.39 is 5.60 Å². The minimum atomic E-state index is -0.740. The smallest absolute Gasteiger partial charge is 0.125 e. The van der Waals surface area contributed by atoms with Crippen LogP contribution in [0.15, 0.2) is 24.5 Å². The van der Waals surface area contributed by atoms with E-state index in [1.165, 1.54) is 37.7 Å². The Hall–Kier alpha value is -1.37. The van der Waals surface area contributed by atoms with Gasteiger partial charge in [-0.2, -0.15) is 0 Å². The summed E-state index contributed by atoms with van der Waals surface area (Å²) in [7, 11) is 0. The topological polar surface area (TPSA) is 36.4 Å². The summed E-state index contributed by atoms with van der Waals surface area (Å²) in [5.74, 6) is 6.50. The predicted octanol–water partition coefficient (Wildman–Crippen LogP) is 3.70. The standard InChI is InChI=1S/C20H28N2O/c23-20(11-4-1-2-5-12-20)13-8-16-22-15-6-3-10-19(22)18-9-7-14-21-17-18/h7,9,14,17,19,23H,1-6,10-12,15-16H2/t19-/m0/s1. The molecular formula is C20H28N2O. The zero-order chi connectivity index (χ0) is 16.0. The second-order valence-electron chi connectivity index (χ2n) is 7.02. The number of hydrogen-bond acceptors (Lipinski definition) is 3. The van der Waals surface area contributed by atoms with Crippen molar-refractivity contribution in [3.63, 3.8) is 0 Å². The summed E-state index contributed by atoms with van der Waals surface area (Å²) in [6, 6.07) is 4.61. The zero-order valence-corrected chi connectivity index (χ0v) is 14.0. The van der Waals surface area contributed by atoms with Crippen LogP contribution in [0.25, 0.3) is 0 Å². The molecule has 3 rings (SSSR count). The van der Waals surface area contributed by atoms with Gasteiger partial charge in [0.25, 0.3) is 0 Å². The van der Waals surface area contributed by atoms with Gasteiger partial charge in [-0.3, -0.25) is 9.88 Å². The summed E-state index contributed by atoms with van der Waals surface area (Å²) in [4.78, 5) is 6.72. The van der Waals surface area contributed by atoms with Crippen molar-refractivity contribution >= 4 is 0 Å². The molecule has 124 valence electrons. The summed E-state index contributed by atoms with van der Waals surface area (Å²) in [5.41, 5.74) is 0.554. The van der Waals surface area contributed by atoms with Gasteiger partial charge in [-0.15, -0.1) is 0 Å². The SMILES string of the molecule is OC1(C#CCN2CCCC[C@H]2c2cccnc2)CCCCCC1. The number of rotatable bonds is 2. The van der Waals surface area contributed by atoms with Crippen LogP contribution in [0.4, 0.5) is 0 Å². The monoisotopic (exact) mass is 312 g/mol. The van der Waals surface area contributed by atoms with Crippen molar-refractivity contribution in [2.75, 3.05) is 13.1 Å². The lowest BCUT2D eigenvalue weighted by molar-refractivity contribution is 0.0845. The Kier molecular flexibility index (Phi) is 5.70. The fraction of sp³-hybridized carbons (Fsp3) is 0.650. The molecule has 0 radical (unpaired) electrons. The Morgan fingerprint density at radius 2 is 2.00 bits per heavy atom. The van der Waals surface area contributed by atoms with E-state index in [0.29, 0.717) is 6.04 Å². The summed E-state index contributed by atoms with van der Waals surface area (Å²) in [6.07, 6.45) is 13.9. The Labute approximate surface area is 140 Å². The van der Waals surface area contributed by atoms with Crippen molar-refractivity contribution in [3.8, 4) is 11.8 Å². The number of aliphatic hydroxyl groups is 1. The molecule has 1 saturated carbocycles. The first-order chi connectivity index (χ1) is 11.3. The third-order valence-corrected chi connectivity index (χ3v) is 5.22. The van der Waals surface area contributed by atoms with Gasteiger partial charge in [-0.25, -0.2) is 0 Å². The molecule has 0 amide bonds. The Morgan fingerprint density at radius 1 is 1.17 bits per heavy atom. The van der Waals surface area contributed by atoms with Crippen molar-refractivity contribution in [2.24, 2.45) is 0 Å². The molecule has 23 heavy (non-hydrogen) atoms. The third kappa shape index (κ3) is 4.56. The highest BCUT2D eigenvalue weighted by atomic mass is 16.3. The van der Waals surface area contributed by atoms with Crippen LogP contribution in [-0.4, -0.2) is 33.7 Å². The molecule has 0 aromatic carbocycles. The second-order valence-corrected chi connectivity index (χ2v) is 7.02. The first-order valence-corrected chi connectivity index (χ1v) is 9.13. The van der Waals surface area contributed by atoms with E-state index in [1.54, 1.807) is 0 Å². The highest BCUT2D eigenvalue weighted by Gasteiger charge is 2.26. The highest BCUT2D eigenvalue weighted by molar-refractivity contribution is 5.18. The Morgan fingerprint density at radius 3 is 2.74 bits per heavy atom. The Balaban J connectivity index is 1.65. The quantitative estimate of drug-likeness (QED) is 0.668. The molecule has 2 aliphatic rings. The molecule has 2 heterocycles. The van der Waals surface area contributed by atoms with Crippen LogP contribution in [0.2, 0.25) is 0 Å². The van der Waals surface area contributed by atoms with Crippen molar-refractivity contribution in [1.82, 2.24) is 9.88 Å². The van der Waals surface area contributed by atoms with Crippen LogP contribution in [0.1, 0.15) is 69.4 Å². The van der Waals surface area contributed by atoms with E-state index in [1.807, 2.05) is 18.5 Å². The van der Waals surface area contributed by atoms with Gasteiger partial charge in [0.2, 0.25) is 0 Å². The van der Waals surface area contributed by atoms with Gasteiger partial charge in [-0.1, -0.05) is 37.2 Å². The number of hydrogen-bond donors (Lipinski definition) is 1. The minimum Gasteiger partial charge on any atom is -0.378 e. The van der Waals surface area contributed by atoms with Crippen LogP contribution in [0, 0.1) is 11.8 Å². The molecule has 1 aromatic rings. The summed E-state index contributed by atoms with van der Waals surface area (Å²) in [5, 5.41) is 10.7. The van der Waals surface area contributed by atoms with Crippen LogP contribution >= 0.6 is 0 Å². The summed E-state index contributed by atoms with van der Waals surface area (Å²) >= 11 is 0. The molecule has 0 unspecified atom stereocenters. The number of aromatic nitrogens is 1. The molecule has 1 aliphatic heterocycles. The molecule has 1 atom stereocenters. The van der Waals surface area contributed by atoms with Crippen LogP contribution in [0.5, 0.6) is 0 Å². The molecular weight excluding hydrogens is 284 g/mol. The highest BCUT2D eigenvalue weighted by Crippen LogP contribution is 2.30. The van der Waals surface area contributed by atoms with E-state index >= 15 is 0 Å². The number of likely N-dealkylation sites (tertiary alicyclic amines) is 1. The molecule has 2 fully saturated rings. The van der Waals surface area contributed by atoms with Gasteiger partial charge in [0.05, 0.1) is 6.54 Å². The van der Waals surface area contributed by atoms with E-state index in [4.69, 9.17) is 0 Å². The summed E-state index contributed by atoms with van der Waals surface area (Å²) in [6.45, 7) is 1.84. The molecule has 1 saturated heterocycles. The van der Waals surface area contributed by atoms with Crippen LogP contribution in [0.3, 0.4) is 0 Å². The summed E-state index contributed by atoms with van der Waals surface area (Å²) < 4.78 is 0. The van der Waals surface area contributed by atoms with Gasteiger partial charge < -0.3 is 5.11 Å². The van der Waals surface area contributed by atoms with E-state index in [-0.39, 0.29) is 0 Å². The average molecular weight is 312 g/mol. The first kappa shape index (κ1) is 16.5. The lowest BCUT2D eigenvalue weighted by Crippen LogP contribution is -2.34. The molecule has 1 N–H and O–H groups in total. The second kappa shape index (κ2) is 7.95. The molecule has 1 aromatic heterocycles. The van der Waals surface area contributed by atoms with E-state index in [0.717, 1.165) is 38.8 Å². The largest absolute Gasteiger partial charge is 0.378 e.